The highest BCUT2D eigenvalue weighted by molar-refractivity contribution is 5.43. The number of aliphatic hydroxyl groups excluding tert-OH is 2. The van der Waals surface area contributed by atoms with Crippen molar-refractivity contribution in [3.05, 3.63) is 11.1 Å². The monoisotopic (exact) mass is 444 g/mol. The zero-order valence-electron chi connectivity index (χ0n) is 21.5. The van der Waals surface area contributed by atoms with Gasteiger partial charge < -0.3 is 14.9 Å². The van der Waals surface area contributed by atoms with E-state index < -0.39 is 6.10 Å². The van der Waals surface area contributed by atoms with Crippen LogP contribution in [0.2, 0.25) is 0 Å². The third-order valence-electron chi connectivity index (χ3n) is 11.7. The molecule has 0 aromatic rings. The van der Waals surface area contributed by atoms with Gasteiger partial charge in [-0.15, -0.1) is 0 Å². The molecule has 1 spiro atoms. The maximum atomic E-state index is 11.5. The topological polar surface area (TPSA) is 53.0 Å². The lowest BCUT2D eigenvalue weighted by Gasteiger charge is -2.56. The first kappa shape index (κ1) is 23.4. The second-order valence-electron chi connectivity index (χ2n) is 13.2. The molecule has 182 valence electrons. The van der Waals surface area contributed by atoms with Crippen molar-refractivity contribution in [2.24, 2.45) is 40.4 Å². The van der Waals surface area contributed by atoms with Crippen LogP contribution in [0.4, 0.5) is 0 Å². The van der Waals surface area contributed by atoms with Gasteiger partial charge in [-0.2, -0.15) is 0 Å². The third-order valence-corrected chi connectivity index (χ3v) is 11.7. The highest BCUT2D eigenvalue weighted by atomic mass is 16.6. The molecule has 5 aliphatic rings. The van der Waals surface area contributed by atoms with E-state index in [0.717, 1.165) is 42.9 Å². The van der Waals surface area contributed by atoms with Crippen molar-refractivity contribution in [2.75, 3.05) is 0 Å². The van der Waals surface area contributed by atoms with Gasteiger partial charge >= 0.3 is 0 Å². The maximum absolute atomic E-state index is 11.5. The maximum Gasteiger partial charge on any atom is 0.118 e. The number of ether oxygens (including phenoxy) is 1. The van der Waals surface area contributed by atoms with Gasteiger partial charge in [0.25, 0.3) is 0 Å². The fourth-order valence-electron chi connectivity index (χ4n) is 9.53. The molecular weight excluding hydrogens is 396 g/mol. The van der Waals surface area contributed by atoms with Gasteiger partial charge in [-0.05, 0) is 85.5 Å². The second-order valence-corrected chi connectivity index (χ2v) is 13.2. The Kier molecular flexibility index (Phi) is 5.71. The van der Waals surface area contributed by atoms with Gasteiger partial charge in [-0.3, -0.25) is 0 Å². The number of aliphatic hydroxyl groups is 2. The Balaban J connectivity index is 1.41. The van der Waals surface area contributed by atoms with Gasteiger partial charge in [0.2, 0.25) is 0 Å². The standard InChI is InChI=1S/C29H48O3/c1-7-19(17(2)3)9-8-18(4)21-10-11-22-24-23(13-14-27(21,22)5)28(6)15-12-20(30)16-29(28)26(32-29)25(24)31/h17-21,23,25-26,30-31H,7-16H2,1-6H3/t18?,19-,20-,21+,23-,25-,26-,27+,28+,29?/m0/s1. The van der Waals surface area contributed by atoms with Gasteiger partial charge in [0, 0.05) is 11.8 Å². The molecule has 1 aliphatic heterocycles. The summed E-state index contributed by atoms with van der Waals surface area (Å²) >= 11 is 0. The highest BCUT2D eigenvalue weighted by Crippen LogP contribution is 2.72. The van der Waals surface area contributed by atoms with Crippen LogP contribution in [-0.2, 0) is 4.74 Å². The smallest absolute Gasteiger partial charge is 0.118 e. The van der Waals surface area contributed by atoms with E-state index in [9.17, 15) is 10.2 Å². The Morgan fingerprint density at radius 1 is 1.03 bits per heavy atom. The van der Waals surface area contributed by atoms with Gasteiger partial charge in [0.1, 0.15) is 17.8 Å². The summed E-state index contributed by atoms with van der Waals surface area (Å²) in [6.07, 6.45) is 10.7. The van der Waals surface area contributed by atoms with E-state index in [1.54, 1.807) is 5.57 Å². The number of epoxide rings is 1. The molecule has 0 aromatic carbocycles. The SMILES string of the molecule is CC[C@@H](CCC(C)[C@H]1CCC2=C3[C@H](O)[C@@H]4OC45C[C@@H](O)CC[C@]5(C)[C@H]3CC[C@@]21C)C(C)C. The molecule has 0 aromatic heterocycles. The lowest BCUT2D eigenvalue weighted by atomic mass is 9.48. The van der Waals surface area contributed by atoms with Crippen LogP contribution in [0.5, 0.6) is 0 Å². The van der Waals surface area contributed by atoms with E-state index in [1.165, 1.54) is 50.5 Å². The third kappa shape index (κ3) is 3.09. The molecule has 0 bridgehead atoms. The van der Waals surface area contributed by atoms with Gasteiger partial charge in [-0.25, -0.2) is 0 Å². The van der Waals surface area contributed by atoms with Crippen molar-refractivity contribution in [1.82, 2.24) is 0 Å². The minimum atomic E-state index is -0.451. The van der Waals surface area contributed by atoms with E-state index in [-0.39, 0.29) is 28.6 Å². The molecule has 32 heavy (non-hydrogen) atoms. The molecule has 3 saturated carbocycles. The van der Waals surface area contributed by atoms with Gasteiger partial charge in [0.05, 0.1) is 6.10 Å². The average molecular weight is 445 g/mol. The highest BCUT2D eigenvalue weighted by Gasteiger charge is 2.77. The molecule has 4 aliphatic carbocycles. The molecule has 0 radical (unpaired) electrons. The summed E-state index contributed by atoms with van der Waals surface area (Å²) in [5, 5.41) is 21.9. The van der Waals surface area contributed by atoms with Crippen molar-refractivity contribution in [3.8, 4) is 0 Å². The van der Waals surface area contributed by atoms with Crippen LogP contribution < -0.4 is 0 Å². The summed E-state index contributed by atoms with van der Waals surface area (Å²) in [6, 6.07) is 0. The summed E-state index contributed by atoms with van der Waals surface area (Å²) in [5.74, 6) is 3.56. The molecule has 5 rings (SSSR count). The Morgan fingerprint density at radius 2 is 1.78 bits per heavy atom. The molecule has 0 amide bonds. The van der Waals surface area contributed by atoms with Crippen molar-refractivity contribution < 1.29 is 14.9 Å². The van der Waals surface area contributed by atoms with Crippen molar-refractivity contribution in [2.45, 2.75) is 130 Å². The molecule has 1 saturated heterocycles. The lowest BCUT2D eigenvalue weighted by Crippen LogP contribution is -2.57. The number of allylic oxidation sites excluding steroid dienone is 1. The van der Waals surface area contributed by atoms with Crippen molar-refractivity contribution in [3.63, 3.8) is 0 Å². The fourth-order valence-corrected chi connectivity index (χ4v) is 9.53. The van der Waals surface area contributed by atoms with E-state index >= 15 is 0 Å². The number of rotatable bonds is 6. The molecule has 1 heterocycles. The Bertz CT molecular complexity index is 772. The van der Waals surface area contributed by atoms with Crippen LogP contribution >= 0.6 is 0 Å². The first-order chi connectivity index (χ1) is 15.1. The largest absolute Gasteiger partial charge is 0.393 e. The summed E-state index contributed by atoms with van der Waals surface area (Å²) in [5.41, 5.74) is 3.06. The first-order valence-corrected chi connectivity index (χ1v) is 13.9. The molecule has 3 nitrogen and oxygen atoms in total. The minimum Gasteiger partial charge on any atom is -0.393 e. The summed E-state index contributed by atoms with van der Waals surface area (Å²) in [6.45, 7) is 14.6. The first-order valence-electron chi connectivity index (χ1n) is 13.9. The summed E-state index contributed by atoms with van der Waals surface area (Å²) in [4.78, 5) is 0. The number of fused-ring (bicyclic) bond motifs is 3. The molecule has 2 N–H and O–H groups in total. The molecule has 10 atom stereocenters. The fraction of sp³-hybridized carbons (Fsp3) is 0.931. The quantitative estimate of drug-likeness (QED) is 0.375. The van der Waals surface area contributed by atoms with E-state index in [2.05, 4.69) is 41.5 Å². The van der Waals surface area contributed by atoms with Crippen LogP contribution in [0.25, 0.3) is 0 Å². The zero-order chi connectivity index (χ0) is 23.1. The van der Waals surface area contributed by atoms with Gasteiger partial charge in [0.15, 0.2) is 0 Å². The lowest BCUT2D eigenvalue weighted by molar-refractivity contribution is -0.0516. The molecular formula is C29H48O3. The van der Waals surface area contributed by atoms with Crippen LogP contribution in [-0.4, -0.2) is 34.1 Å². The van der Waals surface area contributed by atoms with Crippen molar-refractivity contribution in [1.29, 1.82) is 0 Å². The minimum absolute atomic E-state index is 0.0785. The van der Waals surface area contributed by atoms with E-state index in [4.69, 9.17) is 4.74 Å². The zero-order valence-corrected chi connectivity index (χ0v) is 21.5. The van der Waals surface area contributed by atoms with Crippen molar-refractivity contribution >= 4 is 0 Å². The Hall–Kier alpha value is -0.380. The Labute approximate surface area is 196 Å². The molecule has 4 fully saturated rings. The molecule has 3 heteroatoms. The van der Waals surface area contributed by atoms with Crippen LogP contribution in [0, 0.1) is 40.4 Å². The molecule has 2 unspecified atom stereocenters. The predicted molar refractivity (Wildman–Crippen MR) is 129 cm³/mol. The van der Waals surface area contributed by atoms with Crippen LogP contribution in [0.3, 0.4) is 0 Å². The second kappa shape index (κ2) is 7.82. The predicted octanol–water partition coefficient (Wildman–Crippen LogP) is 6.27. The number of hydrogen-bond acceptors (Lipinski definition) is 3. The summed E-state index contributed by atoms with van der Waals surface area (Å²) in [7, 11) is 0. The van der Waals surface area contributed by atoms with Crippen LogP contribution in [0.15, 0.2) is 11.1 Å². The number of hydrogen-bond donors (Lipinski definition) is 2. The summed E-state index contributed by atoms with van der Waals surface area (Å²) < 4.78 is 6.36. The van der Waals surface area contributed by atoms with Crippen LogP contribution in [0.1, 0.15) is 106 Å². The van der Waals surface area contributed by atoms with E-state index in [0.29, 0.717) is 5.92 Å². The van der Waals surface area contributed by atoms with Gasteiger partial charge in [-0.1, -0.05) is 60.0 Å². The van der Waals surface area contributed by atoms with E-state index in [1.807, 2.05) is 0 Å². The average Bonchev–Trinajstić information content (AvgIpc) is 3.36. The Morgan fingerprint density at radius 3 is 2.47 bits per heavy atom. The normalized spacial score (nSPS) is 49.2.